The largest absolute Gasteiger partial charge is 0.487 e. The Hall–Kier alpha value is -1.39. The molecule has 3 nitrogen and oxygen atoms in total. The van der Waals surface area contributed by atoms with Gasteiger partial charge >= 0.3 is 0 Å². The number of halogens is 1. The number of hydrogen-bond acceptors (Lipinski definition) is 3. The number of hydrogen-bond donors (Lipinski definition) is 1. The van der Waals surface area contributed by atoms with Crippen LogP contribution in [0.5, 0.6) is 5.75 Å². The number of nitrogens with zero attached hydrogens (tertiary/aromatic N) is 1. The van der Waals surface area contributed by atoms with E-state index in [0.29, 0.717) is 12.5 Å². The zero-order chi connectivity index (χ0) is 15.1. The summed E-state index contributed by atoms with van der Waals surface area (Å²) in [6.07, 6.45) is 3.47. The second kappa shape index (κ2) is 8.15. The van der Waals surface area contributed by atoms with Crippen LogP contribution in [0.15, 0.2) is 47.2 Å². The van der Waals surface area contributed by atoms with Crippen molar-refractivity contribution in [2.24, 2.45) is 5.92 Å². The minimum Gasteiger partial charge on any atom is -0.487 e. The van der Waals surface area contributed by atoms with E-state index < -0.39 is 0 Å². The van der Waals surface area contributed by atoms with Crippen molar-refractivity contribution in [1.82, 2.24) is 10.3 Å². The molecule has 0 atom stereocenters. The van der Waals surface area contributed by atoms with E-state index in [1.54, 1.807) is 12.4 Å². The minimum atomic E-state index is 0.553. The van der Waals surface area contributed by atoms with E-state index >= 15 is 0 Å². The van der Waals surface area contributed by atoms with Gasteiger partial charge in [-0.1, -0.05) is 38.1 Å². The molecule has 0 radical (unpaired) electrons. The third-order valence-electron chi connectivity index (χ3n) is 3.06. The van der Waals surface area contributed by atoms with Crippen LogP contribution in [0, 0.1) is 5.92 Å². The van der Waals surface area contributed by atoms with Crippen LogP contribution < -0.4 is 10.1 Å². The van der Waals surface area contributed by atoms with Gasteiger partial charge in [-0.2, -0.15) is 0 Å². The van der Waals surface area contributed by atoms with Crippen molar-refractivity contribution in [3.63, 3.8) is 0 Å². The molecule has 2 aromatic rings. The monoisotopic (exact) mass is 348 g/mol. The smallest absolute Gasteiger partial charge is 0.139 e. The molecule has 2 rings (SSSR count). The van der Waals surface area contributed by atoms with E-state index in [1.165, 1.54) is 11.1 Å². The fourth-order valence-corrected chi connectivity index (χ4v) is 2.34. The highest BCUT2D eigenvalue weighted by atomic mass is 79.9. The van der Waals surface area contributed by atoms with Gasteiger partial charge in [0.2, 0.25) is 0 Å². The molecule has 0 aliphatic carbocycles. The molecule has 0 spiro atoms. The lowest BCUT2D eigenvalue weighted by molar-refractivity contribution is 0.303. The average molecular weight is 349 g/mol. The number of ether oxygens (including phenoxy) is 1. The molecular weight excluding hydrogens is 328 g/mol. The predicted molar refractivity (Wildman–Crippen MR) is 89.3 cm³/mol. The van der Waals surface area contributed by atoms with E-state index in [0.717, 1.165) is 23.3 Å². The lowest BCUT2D eigenvalue weighted by Gasteiger charge is -2.13. The summed E-state index contributed by atoms with van der Waals surface area (Å²) in [6, 6.07) is 10.3. The Bertz CT molecular complexity index is 572. The maximum atomic E-state index is 5.82. The number of benzene rings is 1. The zero-order valence-corrected chi connectivity index (χ0v) is 14.1. The fraction of sp³-hybridized carbons (Fsp3) is 0.353. The molecule has 21 heavy (non-hydrogen) atoms. The third kappa shape index (κ3) is 5.48. The summed E-state index contributed by atoms with van der Waals surface area (Å²) in [5, 5.41) is 3.47. The first-order chi connectivity index (χ1) is 10.1. The molecule has 0 unspecified atom stereocenters. The SMILES string of the molecule is CC(C)CNCc1ccccc1COc1cncc(Br)c1. The minimum absolute atomic E-state index is 0.553. The average Bonchev–Trinajstić information content (AvgIpc) is 2.46. The van der Waals surface area contributed by atoms with Crippen molar-refractivity contribution in [1.29, 1.82) is 0 Å². The number of aromatic nitrogens is 1. The summed E-state index contributed by atoms with van der Waals surface area (Å²) in [5.74, 6) is 1.43. The Labute approximate surface area is 134 Å². The summed E-state index contributed by atoms with van der Waals surface area (Å²) in [4.78, 5) is 4.10. The topological polar surface area (TPSA) is 34.1 Å². The lowest BCUT2D eigenvalue weighted by Crippen LogP contribution is -2.20. The van der Waals surface area contributed by atoms with Crippen molar-refractivity contribution in [2.75, 3.05) is 6.54 Å². The summed E-state index contributed by atoms with van der Waals surface area (Å²) in [6.45, 7) is 6.86. The van der Waals surface area contributed by atoms with Gasteiger partial charge in [0, 0.05) is 17.2 Å². The molecular formula is C17H21BrN2O. The van der Waals surface area contributed by atoms with Gasteiger partial charge in [-0.3, -0.25) is 4.98 Å². The Kier molecular flexibility index (Phi) is 6.21. The molecule has 1 heterocycles. The second-order valence-electron chi connectivity index (χ2n) is 5.42. The van der Waals surface area contributed by atoms with E-state index in [-0.39, 0.29) is 0 Å². The molecule has 1 aromatic heterocycles. The van der Waals surface area contributed by atoms with Gasteiger partial charge in [0.1, 0.15) is 12.4 Å². The van der Waals surface area contributed by atoms with Crippen LogP contribution in [0.4, 0.5) is 0 Å². The van der Waals surface area contributed by atoms with Gasteiger partial charge in [-0.05, 0) is 45.6 Å². The quantitative estimate of drug-likeness (QED) is 0.815. The van der Waals surface area contributed by atoms with Crippen LogP contribution >= 0.6 is 15.9 Å². The highest BCUT2D eigenvalue weighted by Crippen LogP contribution is 2.18. The molecule has 0 saturated heterocycles. The molecule has 0 bridgehead atoms. The standard InChI is InChI=1S/C17H21BrN2O/c1-13(2)8-19-9-14-5-3-4-6-15(14)12-21-17-7-16(18)10-20-11-17/h3-7,10-11,13,19H,8-9,12H2,1-2H3. The van der Waals surface area contributed by atoms with E-state index in [9.17, 15) is 0 Å². The van der Waals surface area contributed by atoms with Crippen molar-refractivity contribution in [2.45, 2.75) is 27.0 Å². The van der Waals surface area contributed by atoms with Crippen LogP contribution in [0.2, 0.25) is 0 Å². The van der Waals surface area contributed by atoms with E-state index in [1.807, 2.05) is 12.1 Å². The third-order valence-corrected chi connectivity index (χ3v) is 3.49. The highest BCUT2D eigenvalue weighted by Gasteiger charge is 2.04. The maximum absolute atomic E-state index is 5.82. The molecule has 0 saturated carbocycles. The normalized spacial score (nSPS) is 10.9. The van der Waals surface area contributed by atoms with Crippen LogP contribution in [-0.2, 0) is 13.2 Å². The van der Waals surface area contributed by atoms with Crippen LogP contribution in [0.1, 0.15) is 25.0 Å². The summed E-state index contributed by atoms with van der Waals surface area (Å²) < 4.78 is 6.74. The second-order valence-corrected chi connectivity index (χ2v) is 6.34. The van der Waals surface area contributed by atoms with Crippen LogP contribution in [0.25, 0.3) is 0 Å². The molecule has 0 amide bonds. The molecule has 112 valence electrons. The van der Waals surface area contributed by atoms with Crippen molar-refractivity contribution in [3.05, 3.63) is 58.3 Å². The van der Waals surface area contributed by atoms with Gasteiger partial charge in [-0.15, -0.1) is 0 Å². The molecule has 0 aliphatic heterocycles. The number of rotatable bonds is 7. The fourth-order valence-electron chi connectivity index (χ4n) is 2.00. The van der Waals surface area contributed by atoms with Crippen LogP contribution in [0.3, 0.4) is 0 Å². The maximum Gasteiger partial charge on any atom is 0.139 e. The van der Waals surface area contributed by atoms with Gasteiger partial charge in [0.05, 0.1) is 6.20 Å². The van der Waals surface area contributed by atoms with Gasteiger partial charge in [-0.25, -0.2) is 0 Å². The Balaban J connectivity index is 1.96. The first-order valence-corrected chi connectivity index (χ1v) is 7.95. The number of pyridine rings is 1. The van der Waals surface area contributed by atoms with Gasteiger partial charge < -0.3 is 10.1 Å². The van der Waals surface area contributed by atoms with Crippen LogP contribution in [-0.4, -0.2) is 11.5 Å². The first kappa shape index (κ1) is 16.0. The summed E-state index contributed by atoms with van der Waals surface area (Å²) >= 11 is 3.40. The molecule has 0 fully saturated rings. The molecule has 0 aliphatic rings. The highest BCUT2D eigenvalue weighted by molar-refractivity contribution is 9.10. The molecule has 1 aromatic carbocycles. The van der Waals surface area contributed by atoms with Crippen molar-refractivity contribution < 1.29 is 4.74 Å². The first-order valence-electron chi connectivity index (χ1n) is 7.16. The van der Waals surface area contributed by atoms with Gasteiger partial charge in [0.15, 0.2) is 0 Å². The lowest BCUT2D eigenvalue weighted by atomic mass is 10.1. The van der Waals surface area contributed by atoms with Crippen molar-refractivity contribution >= 4 is 15.9 Å². The van der Waals surface area contributed by atoms with E-state index in [2.05, 4.69) is 58.3 Å². The predicted octanol–water partition coefficient (Wildman–Crippen LogP) is 4.17. The Morgan fingerprint density at radius 3 is 2.67 bits per heavy atom. The summed E-state index contributed by atoms with van der Waals surface area (Å²) in [7, 11) is 0. The Morgan fingerprint density at radius 1 is 1.19 bits per heavy atom. The molecule has 4 heteroatoms. The van der Waals surface area contributed by atoms with Crippen molar-refractivity contribution in [3.8, 4) is 5.75 Å². The van der Waals surface area contributed by atoms with Gasteiger partial charge in [0.25, 0.3) is 0 Å². The summed E-state index contributed by atoms with van der Waals surface area (Å²) in [5.41, 5.74) is 2.48. The Morgan fingerprint density at radius 2 is 1.95 bits per heavy atom. The van der Waals surface area contributed by atoms with E-state index in [4.69, 9.17) is 4.74 Å². The zero-order valence-electron chi connectivity index (χ0n) is 12.5. The number of nitrogens with one attached hydrogen (secondary N) is 1. The molecule has 1 N–H and O–H groups in total.